The number of pyridine rings is 1. The third kappa shape index (κ3) is 2.67. The molecule has 0 amide bonds. The zero-order valence-electron chi connectivity index (χ0n) is 8.04. The fourth-order valence-electron chi connectivity index (χ4n) is 1.64. The highest BCUT2D eigenvalue weighted by molar-refractivity contribution is 6.29. The summed E-state index contributed by atoms with van der Waals surface area (Å²) in [5.74, 6) is 0. The Hall–Kier alpha value is -0.640. The average molecular weight is 212 g/mol. The van der Waals surface area contributed by atoms with Gasteiger partial charge < -0.3 is 5.32 Å². The van der Waals surface area contributed by atoms with Crippen molar-refractivity contribution in [2.45, 2.75) is 6.54 Å². The van der Waals surface area contributed by atoms with Gasteiger partial charge in [0.25, 0.3) is 0 Å². The van der Waals surface area contributed by atoms with E-state index in [2.05, 4.69) is 15.2 Å². The summed E-state index contributed by atoms with van der Waals surface area (Å²) >= 11 is 5.82. The van der Waals surface area contributed by atoms with Crippen molar-refractivity contribution < 1.29 is 0 Å². The molecule has 14 heavy (non-hydrogen) atoms. The first-order valence-electron chi connectivity index (χ1n) is 4.89. The van der Waals surface area contributed by atoms with Gasteiger partial charge in [0.15, 0.2) is 0 Å². The van der Waals surface area contributed by atoms with Gasteiger partial charge in [-0.1, -0.05) is 17.7 Å². The van der Waals surface area contributed by atoms with E-state index in [1.807, 2.05) is 18.2 Å². The molecule has 0 saturated carbocycles. The van der Waals surface area contributed by atoms with Crippen molar-refractivity contribution in [2.75, 3.05) is 26.2 Å². The molecule has 4 heteroatoms. The van der Waals surface area contributed by atoms with E-state index in [4.69, 9.17) is 11.6 Å². The van der Waals surface area contributed by atoms with Crippen LogP contribution in [0.15, 0.2) is 18.2 Å². The molecule has 3 nitrogen and oxygen atoms in total. The number of halogens is 1. The number of piperazine rings is 1. The molecule has 0 spiro atoms. The quantitative estimate of drug-likeness (QED) is 0.744. The van der Waals surface area contributed by atoms with Crippen molar-refractivity contribution in [1.82, 2.24) is 15.2 Å². The second-order valence-corrected chi connectivity index (χ2v) is 3.87. The van der Waals surface area contributed by atoms with Gasteiger partial charge >= 0.3 is 0 Å². The lowest BCUT2D eigenvalue weighted by Gasteiger charge is -2.26. The second-order valence-electron chi connectivity index (χ2n) is 3.48. The lowest BCUT2D eigenvalue weighted by molar-refractivity contribution is 0.231. The third-order valence-corrected chi connectivity index (χ3v) is 2.58. The highest BCUT2D eigenvalue weighted by atomic mass is 35.5. The van der Waals surface area contributed by atoms with Crippen LogP contribution in [0.2, 0.25) is 5.15 Å². The summed E-state index contributed by atoms with van der Waals surface area (Å²) in [5, 5.41) is 3.90. The Balaban J connectivity index is 1.95. The highest BCUT2D eigenvalue weighted by Gasteiger charge is 2.10. The molecule has 0 radical (unpaired) electrons. The van der Waals surface area contributed by atoms with Crippen LogP contribution in [-0.4, -0.2) is 36.1 Å². The van der Waals surface area contributed by atoms with E-state index in [1.54, 1.807) is 0 Å². The molecule has 1 N–H and O–H groups in total. The molecule has 1 aliphatic heterocycles. The Kier molecular flexibility index (Phi) is 3.35. The molecule has 1 aliphatic rings. The molecule has 2 rings (SSSR count). The standard InChI is InChI=1S/C10H14ClN3/c11-10-3-1-2-9(13-10)8-14-6-4-12-5-7-14/h1-3,12H,4-8H2. The number of rotatable bonds is 2. The summed E-state index contributed by atoms with van der Waals surface area (Å²) in [4.78, 5) is 6.65. The molecule has 0 aromatic carbocycles. The summed E-state index contributed by atoms with van der Waals surface area (Å²) < 4.78 is 0. The second kappa shape index (κ2) is 4.73. The van der Waals surface area contributed by atoms with Crippen LogP contribution in [0, 0.1) is 0 Å². The Morgan fingerprint density at radius 1 is 1.36 bits per heavy atom. The van der Waals surface area contributed by atoms with Crippen LogP contribution < -0.4 is 5.32 Å². The smallest absolute Gasteiger partial charge is 0.129 e. The third-order valence-electron chi connectivity index (χ3n) is 2.37. The van der Waals surface area contributed by atoms with E-state index in [1.165, 1.54) is 0 Å². The van der Waals surface area contributed by atoms with Gasteiger partial charge in [-0.2, -0.15) is 0 Å². The van der Waals surface area contributed by atoms with Crippen molar-refractivity contribution in [1.29, 1.82) is 0 Å². The Labute approximate surface area is 89.1 Å². The van der Waals surface area contributed by atoms with E-state index in [0.29, 0.717) is 5.15 Å². The van der Waals surface area contributed by atoms with Crippen molar-refractivity contribution in [3.8, 4) is 0 Å². The molecule has 0 aliphatic carbocycles. The first-order chi connectivity index (χ1) is 6.84. The van der Waals surface area contributed by atoms with Crippen LogP contribution in [-0.2, 0) is 6.54 Å². The highest BCUT2D eigenvalue weighted by Crippen LogP contribution is 2.07. The van der Waals surface area contributed by atoms with E-state index in [0.717, 1.165) is 38.4 Å². The summed E-state index contributed by atoms with van der Waals surface area (Å²) in [5.41, 5.74) is 1.06. The molecular weight excluding hydrogens is 198 g/mol. The number of aromatic nitrogens is 1. The monoisotopic (exact) mass is 211 g/mol. The van der Waals surface area contributed by atoms with Gasteiger partial charge in [0.05, 0.1) is 5.69 Å². The Bertz CT molecular complexity index is 297. The van der Waals surface area contributed by atoms with E-state index < -0.39 is 0 Å². The van der Waals surface area contributed by atoms with Crippen molar-refractivity contribution in [2.24, 2.45) is 0 Å². The molecule has 0 unspecified atom stereocenters. The molecule has 2 heterocycles. The van der Waals surface area contributed by atoms with Crippen molar-refractivity contribution >= 4 is 11.6 Å². The fourth-order valence-corrected chi connectivity index (χ4v) is 1.82. The minimum atomic E-state index is 0.581. The first-order valence-corrected chi connectivity index (χ1v) is 5.27. The SMILES string of the molecule is Clc1cccc(CN2CCNCC2)n1. The molecular formula is C10H14ClN3. The predicted octanol–water partition coefficient (Wildman–Crippen LogP) is 1.14. The van der Waals surface area contributed by atoms with Gasteiger partial charge in [0.1, 0.15) is 5.15 Å². The summed E-state index contributed by atoms with van der Waals surface area (Å²) in [6.07, 6.45) is 0. The summed E-state index contributed by atoms with van der Waals surface area (Å²) in [6.45, 7) is 5.23. The van der Waals surface area contributed by atoms with Crippen molar-refractivity contribution in [3.63, 3.8) is 0 Å². The van der Waals surface area contributed by atoms with Crippen LogP contribution in [0.5, 0.6) is 0 Å². The van der Waals surface area contributed by atoms with Gasteiger partial charge in [-0.05, 0) is 12.1 Å². The van der Waals surface area contributed by atoms with Gasteiger partial charge in [0.2, 0.25) is 0 Å². The number of hydrogen-bond donors (Lipinski definition) is 1. The Morgan fingerprint density at radius 3 is 2.86 bits per heavy atom. The first kappa shape index (κ1) is 9.90. The number of hydrogen-bond acceptors (Lipinski definition) is 3. The predicted molar refractivity (Wildman–Crippen MR) is 57.4 cm³/mol. The van der Waals surface area contributed by atoms with Crippen molar-refractivity contribution in [3.05, 3.63) is 29.0 Å². The lowest BCUT2D eigenvalue weighted by Crippen LogP contribution is -2.43. The zero-order chi connectivity index (χ0) is 9.80. The van der Waals surface area contributed by atoms with E-state index in [-0.39, 0.29) is 0 Å². The van der Waals surface area contributed by atoms with E-state index in [9.17, 15) is 0 Å². The zero-order valence-corrected chi connectivity index (χ0v) is 8.80. The van der Waals surface area contributed by atoms with E-state index >= 15 is 0 Å². The lowest BCUT2D eigenvalue weighted by atomic mass is 10.3. The average Bonchev–Trinajstić information content (AvgIpc) is 2.19. The van der Waals surface area contributed by atoms with Crippen LogP contribution in [0.3, 0.4) is 0 Å². The molecule has 1 aromatic rings. The molecule has 76 valence electrons. The van der Waals surface area contributed by atoms with Crippen LogP contribution in [0.25, 0.3) is 0 Å². The molecule has 0 atom stereocenters. The molecule has 1 fully saturated rings. The minimum absolute atomic E-state index is 0.581. The maximum atomic E-state index is 5.82. The van der Waals surface area contributed by atoms with Crippen LogP contribution in [0.1, 0.15) is 5.69 Å². The maximum Gasteiger partial charge on any atom is 0.129 e. The molecule has 1 saturated heterocycles. The van der Waals surface area contributed by atoms with Gasteiger partial charge in [-0.25, -0.2) is 4.98 Å². The van der Waals surface area contributed by atoms with Gasteiger partial charge in [0, 0.05) is 32.7 Å². The number of nitrogens with zero attached hydrogens (tertiary/aromatic N) is 2. The topological polar surface area (TPSA) is 28.2 Å². The summed E-state index contributed by atoms with van der Waals surface area (Å²) in [6, 6.07) is 5.78. The van der Waals surface area contributed by atoms with Crippen LogP contribution >= 0.6 is 11.6 Å². The number of nitrogens with one attached hydrogen (secondary N) is 1. The Morgan fingerprint density at radius 2 is 2.14 bits per heavy atom. The fraction of sp³-hybridized carbons (Fsp3) is 0.500. The van der Waals surface area contributed by atoms with Gasteiger partial charge in [-0.15, -0.1) is 0 Å². The molecule has 1 aromatic heterocycles. The largest absolute Gasteiger partial charge is 0.314 e. The normalized spacial score (nSPS) is 18.4. The summed E-state index contributed by atoms with van der Waals surface area (Å²) in [7, 11) is 0. The maximum absolute atomic E-state index is 5.82. The van der Waals surface area contributed by atoms with Gasteiger partial charge in [-0.3, -0.25) is 4.90 Å². The van der Waals surface area contributed by atoms with Crippen LogP contribution in [0.4, 0.5) is 0 Å². The minimum Gasteiger partial charge on any atom is -0.314 e. The molecule has 0 bridgehead atoms.